The molecule has 1 unspecified atom stereocenters. The molecular formula is C22H25N3O2S2. The zero-order valence-electron chi connectivity index (χ0n) is 16.3. The molecule has 7 heteroatoms. The summed E-state index contributed by atoms with van der Waals surface area (Å²) in [4.78, 5) is 28.1. The highest BCUT2D eigenvalue weighted by atomic mass is 32.2. The van der Waals surface area contributed by atoms with Crippen LogP contribution in [0.3, 0.4) is 0 Å². The number of amides is 1. The molecule has 3 atom stereocenters. The summed E-state index contributed by atoms with van der Waals surface area (Å²) in [6.07, 6.45) is 4.50. The number of benzene rings is 1. The molecule has 1 aliphatic carbocycles. The highest BCUT2D eigenvalue weighted by Gasteiger charge is 2.44. The third kappa shape index (κ3) is 4.25. The number of nitriles is 1. The minimum absolute atomic E-state index is 0.0641. The summed E-state index contributed by atoms with van der Waals surface area (Å²) in [5.41, 5.74) is 2.87. The fraction of sp³-hybridized carbons (Fsp3) is 0.545. The van der Waals surface area contributed by atoms with E-state index < -0.39 is 18.0 Å². The Balaban J connectivity index is 1.32. The predicted octanol–water partition coefficient (Wildman–Crippen LogP) is 2.52. The second kappa shape index (κ2) is 8.95. The minimum Gasteiger partial charge on any atom is -0.315 e. The number of Topliss-reactive ketones (excluding diaryl/α,β-unsaturated/α-hetero) is 1. The van der Waals surface area contributed by atoms with E-state index in [4.69, 9.17) is 12.2 Å². The van der Waals surface area contributed by atoms with E-state index in [0.29, 0.717) is 35.4 Å². The normalized spacial score (nSPS) is 26.5. The molecule has 0 spiro atoms. The van der Waals surface area contributed by atoms with Gasteiger partial charge in [-0.15, -0.1) is 11.8 Å². The number of hydrogen-bond donors (Lipinski definition) is 1. The van der Waals surface area contributed by atoms with Crippen LogP contribution in [-0.4, -0.2) is 51.7 Å². The van der Waals surface area contributed by atoms with Crippen molar-refractivity contribution in [2.45, 2.75) is 44.2 Å². The summed E-state index contributed by atoms with van der Waals surface area (Å²) in [7, 11) is 0. The van der Waals surface area contributed by atoms with E-state index in [1.165, 1.54) is 11.1 Å². The van der Waals surface area contributed by atoms with Crippen LogP contribution in [0.5, 0.6) is 0 Å². The molecule has 2 aliphatic heterocycles. The zero-order valence-corrected chi connectivity index (χ0v) is 17.9. The fourth-order valence-corrected chi connectivity index (χ4v) is 6.18. The largest absolute Gasteiger partial charge is 0.315 e. The Morgan fingerprint density at radius 2 is 2.00 bits per heavy atom. The smallest absolute Gasteiger partial charge is 0.242 e. The van der Waals surface area contributed by atoms with Gasteiger partial charge in [-0.25, -0.2) is 0 Å². The summed E-state index contributed by atoms with van der Waals surface area (Å²) in [6.45, 7) is 0.415. The van der Waals surface area contributed by atoms with Crippen molar-refractivity contribution < 1.29 is 9.59 Å². The molecule has 29 heavy (non-hydrogen) atoms. The number of thiocarbonyl (C=S) groups is 1. The quantitative estimate of drug-likeness (QED) is 0.704. The van der Waals surface area contributed by atoms with Gasteiger partial charge in [0.15, 0.2) is 0 Å². The minimum atomic E-state index is -0.611. The molecule has 1 aromatic rings. The van der Waals surface area contributed by atoms with Gasteiger partial charge >= 0.3 is 0 Å². The Morgan fingerprint density at radius 3 is 2.69 bits per heavy atom. The second-order valence-electron chi connectivity index (χ2n) is 8.16. The van der Waals surface area contributed by atoms with Crippen LogP contribution in [0.25, 0.3) is 0 Å². The number of thioether (sulfide) groups is 1. The number of carbonyl (C=O) groups excluding carboxylic acids is 2. The van der Waals surface area contributed by atoms with E-state index in [1.54, 1.807) is 16.7 Å². The van der Waals surface area contributed by atoms with E-state index in [1.807, 2.05) is 0 Å². The third-order valence-electron chi connectivity index (χ3n) is 6.27. The highest BCUT2D eigenvalue weighted by Crippen LogP contribution is 2.31. The van der Waals surface area contributed by atoms with Gasteiger partial charge in [0.25, 0.3) is 0 Å². The molecule has 1 aromatic carbocycles. The Morgan fingerprint density at radius 1 is 1.28 bits per heavy atom. The van der Waals surface area contributed by atoms with Crippen LogP contribution in [0.1, 0.15) is 30.4 Å². The Labute approximate surface area is 181 Å². The lowest BCUT2D eigenvalue weighted by Gasteiger charge is -2.25. The number of carbonyl (C=O) groups is 2. The number of fused-ring (bicyclic) bond motifs is 1. The summed E-state index contributed by atoms with van der Waals surface area (Å²) in [6, 6.07) is 9.74. The molecule has 0 radical (unpaired) electrons. The molecular weight excluding hydrogens is 402 g/mol. The Hall–Kier alpha value is -1.75. The molecule has 3 aliphatic rings. The van der Waals surface area contributed by atoms with Gasteiger partial charge in [0.2, 0.25) is 5.91 Å². The van der Waals surface area contributed by atoms with Crippen molar-refractivity contribution in [3.05, 3.63) is 35.4 Å². The van der Waals surface area contributed by atoms with Crippen LogP contribution in [0.15, 0.2) is 24.3 Å². The number of hydrogen-bond acceptors (Lipinski definition) is 6. The number of nitrogens with one attached hydrogen (secondary N) is 1. The SMILES string of the molecule is N#C[C@@H]1CSCN1C(=O)[C@H]1NCC(=S)C1C(=O)CCCC1Cc2ccccc2C1. The Bertz CT molecular complexity index is 841. The van der Waals surface area contributed by atoms with E-state index >= 15 is 0 Å². The van der Waals surface area contributed by atoms with Crippen molar-refractivity contribution in [3.63, 3.8) is 0 Å². The molecule has 4 rings (SSSR count). The number of ketones is 1. The molecule has 0 saturated carbocycles. The zero-order chi connectivity index (χ0) is 20.4. The molecule has 0 bridgehead atoms. The first-order valence-electron chi connectivity index (χ1n) is 10.2. The average molecular weight is 428 g/mol. The summed E-state index contributed by atoms with van der Waals surface area (Å²) in [5.74, 6) is 1.10. The van der Waals surface area contributed by atoms with Crippen LogP contribution < -0.4 is 5.32 Å². The molecule has 152 valence electrons. The lowest BCUT2D eigenvalue weighted by atomic mass is 9.89. The van der Waals surface area contributed by atoms with Gasteiger partial charge in [-0.1, -0.05) is 36.5 Å². The van der Waals surface area contributed by atoms with Crippen molar-refractivity contribution in [2.75, 3.05) is 18.2 Å². The maximum atomic E-state index is 13.0. The second-order valence-corrected chi connectivity index (χ2v) is 9.68. The van der Waals surface area contributed by atoms with Gasteiger partial charge in [-0.05, 0) is 42.7 Å². The van der Waals surface area contributed by atoms with Crippen LogP contribution in [0, 0.1) is 23.2 Å². The molecule has 1 amide bonds. The van der Waals surface area contributed by atoms with E-state index in [0.717, 1.165) is 25.7 Å². The van der Waals surface area contributed by atoms with Crippen LogP contribution >= 0.6 is 24.0 Å². The third-order valence-corrected chi connectivity index (χ3v) is 7.69. The van der Waals surface area contributed by atoms with Gasteiger partial charge in [0.05, 0.1) is 17.9 Å². The first kappa shape index (κ1) is 20.5. The summed E-state index contributed by atoms with van der Waals surface area (Å²) < 4.78 is 0. The Kier molecular flexibility index (Phi) is 6.33. The van der Waals surface area contributed by atoms with Crippen molar-refractivity contribution >= 4 is 40.5 Å². The maximum Gasteiger partial charge on any atom is 0.242 e. The van der Waals surface area contributed by atoms with Gasteiger partial charge < -0.3 is 10.2 Å². The van der Waals surface area contributed by atoms with Gasteiger partial charge in [-0.3, -0.25) is 9.59 Å². The lowest BCUT2D eigenvalue weighted by molar-refractivity contribution is -0.136. The van der Waals surface area contributed by atoms with E-state index in [-0.39, 0.29) is 11.7 Å². The molecule has 1 N–H and O–H groups in total. The topological polar surface area (TPSA) is 73.2 Å². The number of nitrogens with zero attached hydrogens (tertiary/aromatic N) is 2. The predicted molar refractivity (Wildman–Crippen MR) is 118 cm³/mol. The van der Waals surface area contributed by atoms with Crippen molar-refractivity contribution in [1.82, 2.24) is 10.2 Å². The molecule has 5 nitrogen and oxygen atoms in total. The first-order chi connectivity index (χ1) is 14.1. The van der Waals surface area contributed by atoms with Crippen LogP contribution in [0.4, 0.5) is 0 Å². The van der Waals surface area contributed by atoms with Gasteiger partial charge in [0.1, 0.15) is 17.9 Å². The average Bonchev–Trinajstić information content (AvgIpc) is 3.44. The standard InChI is InChI=1S/C22H25N3O2S2/c23-10-17-12-29-13-25(17)22(27)21-20(19(28)11-24-21)18(26)7-3-4-14-8-15-5-1-2-6-16(15)9-14/h1-2,5-6,14,17,20-21,24H,3-4,7-9,11-13H2/t17-,20?,21+/m1/s1. The maximum absolute atomic E-state index is 13.0. The van der Waals surface area contributed by atoms with Gasteiger partial charge in [0, 0.05) is 23.6 Å². The molecule has 2 heterocycles. The monoisotopic (exact) mass is 427 g/mol. The summed E-state index contributed by atoms with van der Waals surface area (Å²) >= 11 is 7.00. The van der Waals surface area contributed by atoms with Crippen molar-refractivity contribution in [3.8, 4) is 6.07 Å². The van der Waals surface area contributed by atoms with E-state index in [9.17, 15) is 14.9 Å². The first-order valence-corrected chi connectivity index (χ1v) is 11.8. The fourth-order valence-electron chi connectivity index (χ4n) is 4.74. The summed E-state index contributed by atoms with van der Waals surface area (Å²) in [5, 5.41) is 12.4. The van der Waals surface area contributed by atoms with Crippen molar-refractivity contribution in [2.24, 2.45) is 11.8 Å². The lowest BCUT2D eigenvalue weighted by Crippen LogP contribution is -2.50. The van der Waals surface area contributed by atoms with Gasteiger partial charge in [-0.2, -0.15) is 5.26 Å². The molecule has 0 aromatic heterocycles. The molecule has 2 fully saturated rings. The van der Waals surface area contributed by atoms with Crippen LogP contribution in [-0.2, 0) is 22.4 Å². The van der Waals surface area contributed by atoms with Crippen molar-refractivity contribution in [1.29, 1.82) is 5.26 Å². The number of rotatable bonds is 6. The van der Waals surface area contributed by atoms with Crippen LogP contribution in [0.2, 0.25) is 0 Å². The molecule has 2 saturated heterocycles. The highest BCUT2D eigenvalue weighted by molar-refractivity contribution is 7.99. The van der Waals surface area contributed by atoms with E-state index in [2.05, 4.69) is 35.7 Å².